The van der Waals surface area contributed by atoms with Crippen LogP contribution in [-0.2, 0) is 9.59 Å². The van der Waals surface area contributed by atoms with Crippen LogP contribution in [0.3, 0.4) is 0 Å². The lowest BCUT2D eigenvalue weighted by atomic mass is 9.95. The summed E-state index contributed by atoms with van der Waals surface area (Å²) in [6, 6.07) is -0.704. The molecule has 0 aliphatic carbocycles. The van der Waals surface area contributed by atoms with Crippen LogP contribution in [0.25, 0.3) is 0 Å². The second-order valence-corrected chi connectivity index (χ2v) is 5.97. The molecule has 0 radical (unpaired) electrons. The Kier molecular flexibility index (Phi) is 4.69. The largest absolute Gasteiger partial charge is 0.480 e. The van der Waals surface area contributed by atoms with E-state index in [9.17, 15) is 14.4 Å². The average molecular weight is 297 g/mol. The van der Waals surface area contributed by atoms with Crippen molar-refractivity contribution in [2.75, 3.05) is 33.7 Å². The van der Waals surface area contributed by atoms with E-state index in [0.717, 1.165) is 6.42 Å². The lowest BCUT2D eigenvalue weighted by Crippen LogP contribution is -2.49. The van der Waals surface area contributed by atoms with Crippen molar-refractivity contribution >= 4 is 17.9 Å². The fraction of sp³-hybridized carbons (Fsp3) is 0.786. The van der Waals surface area contributed by atoms with E-state index in [1.165, 1.54) is 9.80 Å². The Labute approximate surface area is 124 Å². The number of nitrogens with zero attached hydrogens (tertiary/aromatic N) is 3. The Balaban J connectivity index is 1.91. The van der Waals surface area contributed by atoms with Gasteiger partial charge in [0.15, 0.2) is 0 Å². The Bertz CT molecular complexity index is 430. The zero-order chi connectivity index (χ0) is 15.6. The molecule has 7 nitrogen and oxygen atoms in total. The molecule has 0 aromatic carbocycles. The average Bonchev–Trinajstić information content (AvgIpc) is 2.95. The minimum atomic E-state index is -0.916. The number of amides is 3. The van der Waals surface area contributed by atoms with Crippen LogP contribution in [0.4, 0.5) is 4.79 Å². The van der Waals surface area contributed by atoms with Crippen LogP contribution < -0.4 is 0 Å². The highest BCUT2D eigenvalue weighted by Crippen LogP contribution is 2.25. The van der Waals surface area contributed by atoms with Crippen molar-refractivity contribution < 1.29 is 19.5 Å². The van der Waals surface area contributed by atoms with Crippen molar-refractivity contribution in [3.05, 3.63) is 0 Å². The number of hydrogen-bond donors (Lipinski definition) is 1. The van der Waals surface area contributed by atoms with Gasteiger partial charge in [0.2, 0.25) is 5.91 Å². The van der Waals surface area contributed by atoms with Gasteiger partial charge in [0.1, 0.15) is 6.04 Å². The van der Waals surface area contributed by atoms with E-state index in [-0.39, 0.29) is 17.9 Å². The summed E-state index contributed by atoms with van der Waals surface area (Å²) in [6.45, 7) is 1.64. The minimum Gasteiger partial charge on any atom is -0.480 e. The first-order chi connectivity index (χ1) is 9.91. The van der Waals surface area contributed by atoms with E-state index >= 15 is 0 Å². The monoisotopic (exact) mass is 297 g/mol. The van der Waals surface area contributed by atoms with Gasteiger partial charge >= 0.3 is 12.0 Å². The van der Waals surface area contributed by atoms with E-state index < -0.39 is 12.0 Å². The first-order valence-electron chi connectivity index (χ1n) is 7.41. The molecule has 7 heteroatoms. The molecule has 2 saturated heterocycles. The van der Waals surface area contributed by atoms with Crippen molar-refractivity contribution in [1.29, 1.82) is 0 Å². The normalized spacial score (nSPS) is 23.2. The topological polar surface area (TPSA) is 81.2 Å². The lowest BCUT2D eigenvalue weighted by Gasteiger charge is -2.35. The van der Waals surface area contributed by atoms with Crippen molar-refractivity contribution in [2.45, 2.75) is 31.7 Å². The summed E-state index contributed by atoms with van der Waals surface area (Å²) in [7, 11) is 3.42. The molecule has 2 heterocycles. The highest BCUT2D eigenvalue weighted by Gasteiger charge is 2.38. The van der Waals surface area contributed by atoms with Gasteiger partial charge < -0.3 is 19.8 Å². The number of carboxylic acid groups (broad SMARTS) is 1. The number of rotatable bonds is 2. The summed E-state index contributed by atoms with van der Waals surface area (Å²) in [5, 5.41) is 9.15. The number of carbonyl (C=O) groups excluding carboxylic acids is 2. The zero-order valence-corrected chi connectivity index (χ0v) is 12.6. The van der Waals surface area contributed by atoms with Crippen molar-refractivity contribution in [3.63, 3.8) is 0 Å². The molecule has 3 amide bonds. The van der Waals surface area contributed by atoms with E-state index in [1.807, 2.05) is 0 Å². The fourth-order valence-corrected chi connectivity index (χ4v) is 3.12. The van der Waals surface area contributed by atoms with Crippen LogP contribution in [0.1, 0.15) is 25.7 Å². The van der Waals surface area contributed by atoms with Gasteiger partial charge in [-0.05, 0) is 25.7 Å². The predicted octanol–water partition coefficient (Wildman–Crippen LogP) is 0.456. The van der Waals surface area contributed by atoms with Crippen LogP contribution in [0.2, 0.25) is 0 Å². The van der Waals surface area contributed by atoms with Crippen molar-refractivity contribution in [2.24, 2.45) is 5.92 Å². The van der Waals surface area contributed by atoms with Crippen molar-refractivity contribution in [3.8, 4) is 0 Å². The number of carboxylic acids is 1. The molecule has 2 aliphatic rings. The summed E-state index contributed by atoms with van der Waals surface area (Å²) in [5.74, 6) is -1.13. The van der Waals surface area contributed by atoms with E-state index in [4.69, 9.17) is 5.11 Å². The minimum absolute atomic E-state index is 0.0366. The van der Waals surface area contributed by atoms with Gasteiger partial charge in [0, 0.05) is 39.6 Å². The molecule has 0 unspecified atom stereocenters. The molecule has 0 saturated carbocycles. The molecule has 1 atom stereocenters. The maximum Gasteiger partial charge on any atom is 0.326 e. The van der Waals surface area contributed by atoms with Gasteiger partial charge in [-0.15, -0.1) is 0 Å². The summed E-state index contributed by atoms with van der Waals surface area (Å²) in [4.78, 5) is 40.3. The highest BCUT2D eigenvalue weighted by molar-refractivity contribution is 5.86. The van der Waals surface area contributed by atoms with Crippen LogP contribution in [0, 0.1) is 5.92 Å². The molecule has 118 valence electrons. The first kappa shape index (κ1) is 15.6. The quantitative estimate of drug-likeness (QED) is 0.802. The molecular formula is C14H23N3O4. The highest BCUT2D eigenvalue weighted by atomic mass is 16.4. The molecule has 1 N–H and O–H groups in total. The Morgan fingerprint density at radius 1 is 1.05 bits per heavy atom. The third kappa shape index (κ3) is 3.28. The van der Waals surface area contributed by atoms with E-state index in [0.29, 0.717) is 38.9 Å². The SMILES string of the molecule is CN(C)C(=O)N1CCC(C(=O)N2CCC[C@@H]2C(=O)O)CC1. The number of likely N-dealkylation sites (tertiary alicyclic amines) is 2. The standard InChI is InChI=1S/C14H23N3O4/c1-15(2)14(21)16-8-5-10(6-9-16)12(18)17-7-3-4-11(17)13(19)20/h10-11H,3-9H2,1-2H3,(H,19,20)/t11-/m1/s1. The Hall–Kier alpha value is -1.79. The number of hydrogen-bond acceptors (Lipinski definition) is 3. The summed E-state index contributed by atoms with van der Waals surface area (Å²) in [5.41, 5.74) is 0. The first-order valence-corrected chi connectivity index (χ1v) is 7.41. The molecule has 0 spiro atoms. The van der Waals surface area contributed by atoms with E-state index in [2.05, 4.69) is 0 Å². The van der Waals surface area contributed by atoms with Gasteiger partial charge in [-0.1, -0.05) is 0 Å². The summed E-state index contributed by atoms with van der Waals surface area (Å²) in [6.07, 6.45) is 2.52. The van der Waals surface area contributed by atoms with Crippen molar-refractivity contribution in [1.82, 2.24) is 14.7 Å². The van der Waals surface area contributed by atoms with Crippen LogP contribution in [0.5, 0.6) is 0 Å². The molecule has 2 aliphatic heterocycles. The number of piperidine rings is 1. The summed E-state index contributed by atoms with van der Waals surface area (Å²) < 4.78 is 0. The smallest absolute Gasteiger partial charge is 0.326 e. The van der Waals surface area contributed by atoms with Crippen LogP contribution in [0.15, 0.2) is 0 Å². The molecule has 21 heavy (non-hydrogen) atoms. The Morgan fingerprint density at radius 3 is 2.19 bits per heavy atom. The third-order valence-electron chi connectivity index (χ3n) is 4.32. The maximum atomic E-state index is 12.5. The van der Waals surface area contributed by atoms with Gasteiger partial charge in [0.05, 0.1) is 0 Å². The molecule has 2 rings (SSSR count). The molecule has 0 bridgehead atoms. The maximum absolute atomic E-state index is 12.5. The van der Waals surface area contributed by atoms with Crippen LogP contribution >= 0.6 is 0 Å². The lowest BCUT2D eigenvalue weighted by molar-refractivity contribution is -0.150. The molecule has 2 fully saturated rings. The Morgan fingerprint density at radius 2 is 1.67 bits per heavy atom. The van der Waals surface area contributed by atoms with E-state index in [1.54, 1.807) is 19.0 Å². The second-order valence-electron chi connectivity index (χ2n) is 5.97. The van der Waals surface area contributed by atoms with Crippen LogP contribution in [-0.4, -0.2) is 77.5 Å². The molecular weight excluding hydrogens is 274 g/mol. The molecule has 0 aromatic heterocycles. The molecule has 0 aromatic rings. The predicted molar refractivity (Wildman–Crippen MR) is 75.8 cm³/mol. The fourth-order valence-electron chi connectivity index (χ4n) is 3.12. The number of urea groups is 1. The number of carbonyl (C=O) groups is 3. The second kappa shape index (κ2) is 6.32. The summed E-state index contributed by atoms with van der Waals surface area (Å²) >= 11 is 0. The van der Waals surface area contributed by atoms with Gasteiger partial charge in [-0.3, -0.25) is 4.79 Å². The van der Waals surface area contributed by atoms with Gasteiger partial charge in [-0.2, -0.15) is 0 Å². The van der Waals surface area contributed by atoms with Gasteiger partial charge in [-0.25, -0.2) is 9.59 Å². The van der Waals surface area contributed by atoms with Gasteiger partial charge in [0.25, 0.3) is 0 Å². The third-order valence-corrected chi connectivity index (χ3v) is 4.32. The zero-order valence-electron chi connectivity index (χ0n) is 12.6. The number of aliphatic carboxylic acids is 1.